The predicted molar refractivity (Wildman–Crippen MR) is 135 cm³/mol. The van der Waals surface area contributed by atoms with E-state index in [1.807, 2.05) is 59.5 Å². The molecule has 0 spiro atoms. The number of carbonyl (C=O) groups excluding carboxylic acids is 3. The number of para-hydroxylation sites is 2. The van der Waals surface area contributed by atoms with Crippen molar-refractivity contribution < 1.29 is 19.1 Å². The van der Waals surface area contributed by atoms with E-state index in [0.29, 0.717) is 31.7 Å². The summed E-state index contributed by atoms with van der Waals surface area (Å²) in [7, 11) is 1.59. The standard InChI is InChI=1S/C28H32N4O4/c1-36-17-9-16-32-25(34)19-28(27(32)35,20-10-3-2-4-11-20)18-24(33)31-15-8-7-14-23(31)26-29-21-12-5-6-13-22(21)30-26/h2-6,10-13,23H,7-9,14-19H2,1H3,(H,29,30). The highest BCUT2D eigenvalue weighted by atomic mass is 16.5. The normalized spacial score (nSPS) is 22.5. The highest BCUT2D eigenvalue weighted by molar-refractivity contribution is 6.10. The fourth-order valence-corrected chi connectivity index (χ4v) is 5.62. The van der Waals surface area contributed by atoms with E-state index in [1.54, 1.807) is 7.11 Å². The largest absolute Gasteiger partial charge is 0.385 e. The van der Waals surface area contributed by atoms with Crippen molar-refractivity contribution in [3.63, 3.8) is 0 Å². The second kappa shape index (κ2) is 10.2. The van der Waals surface area contributed by atoms with Gasteiger partial charge in [-0.25, -0.2) is 4.98 Å². The van der Waals surface area contributed by atoms with Gasteiger partial charge in [-0.15, -0.1) is 0 Å². The van der Waals surface area contributed by atoms with Crippen molar-refractivity contribution >= 4 is 28.8 Å². The van der Waals surface area contributed by atoms with Crippen LogP contribution in [0.15, 0.2) is 54.6 Å². The minimum absolute atomic E-state index is 0.00227. The first kappa shape index (κ1) is 24.2. The van der Waals surface area contributed by atoms with Gasteiger partial charge in [0.2, 0.25) is 17.7 Å². The third kappa shape index (κ3) is 4.41. The number of amides is 3. The molecule has 0 aliphatic carbocycles. The predicted octanol–water partition coefficient (Wildman–Crippen LogP) is 3.74. The molecule has 2 atom stereocenters. The zero-order chi connectivity index (χ0) is 25.1. The molecule has 0 radical (unpaired) electrons. The first-order chi connectivity index (χ1) is 17.5. The Morgan fingerprint density at radius 2 is 1.89 bits per heavy atom. The quantitative estimate of drug-likeness (QED) is 0.385. The van der Waals surface area contributed by atoms with Crippen LogP contribution < -0.4 is 0 Å². The number of carbonyl (C=O) groups is 3. The van der Waals surface area contributed by atoms with Gasteiger partial charge in [-0.05, 0) is 43.4 Å². The summed E-state index contributed by atoms with van der Waals surface area (Å²) in [5, 5.41) is 0. The summed E-state index contributed by atoms with van der Waals surface area (Å²) in [6.45, 7) is 1.35. The van der Waals surface area contributed by atoms with Crippen molar-refractivity contribution in [2.45, 2.75) is 50.0 Å². The molecule has 2 aliphatic rings. The zero-order valence-electron chi connectivity index (χ0n) is 20.6. The van der Waals surface area contributed by atoms with Gasteiger partial charge in [0.25, 0.3) is 0 Å². The van der Waals surface area contributed by atoms with Gasteiger partial charge in [0.15, 0.2) is 0 Å². The fraction of sp³-hybridized carbons (Fsp3) is 0.429. The number of benzene rings is 2. The fourth-order valence-electron chi connectivity index (χ4n) is 5.62. The smallest absolute Gasteiger partial charge is 0.240 e. The highest BCUT2D eigenvalue weighted by Crippen LogP contribution is 2.42. The lowest BCUT2D eigenvalue weighted by Gasteiger charge is -2.37. The second-order valence-electron chi connectivity index (χ2n) is 9.74. The molecule has 3 heterocycles. The van der Waals surface area contributed by atoms with Gasteiger partial charge in [-0.3, -0.25) is 19.3 Å². The number of likely N-dealkylation sites (tertiary alicyclic amines) is 2. The maximum Gasteiger partial charge on any atom is 0.240 e. The summed E-state index contributed by atoms with van der Waals surface area (Å²) in [5.41, 5.74) is 1.32. The van der Waals surface area contributed by atoms with Crippen LogP contribution >= 0.6 is 0 Å². The minimum Gasteiger partial charge on any atom is -0.385 e. The third-order valence-electron chi connectivity index (χ3n) is 7.46. The lowest BCUT2D eigenvalue weighted by atomic mass is 9.75. The molecule has 2 unspecified atom stereocenters. The Morgan fingerprint density at radius 3 is 2.67 bits per heavy atom. The van der Waals surface area contributed by atoms with Crippen LogP contribution in [0.1, 0.15) is 56.0 Å². The lowest BCUT2D eigenvalue weighted by molar-refractivity contribution is -0.144. The van der Waals surface area contributed by atoms with Crippen LogP contribution in [0.4, 0.5) is 0 Å². The molecule has 0 bridgehead atoms. The van der Waals surface area contributed by atoms with Gasteiger partial charge in [0, 0.05) is 39.6 Å². The van der Waals surface area contributed by atoms with E-state index >= 15 is 0 Å². The van der Waals surface area contributed by atoms with Crippen molar-refractivity contribution in [1.29, 1.82) is 0 Å². The Labute approximate surface area is 210 Å². The van der Waals surface area contributed by atoms with Crippen LogP contribution in [0.25, 0.3) is 11.0 Å². The number of nitrogens with one attached hydrogen (secondary N) is 1. The number of hydrogen-bond acceptors (Lipinski definition) is 5. The van der Waals surface area contributed by atoms with E-state index in [4.69, 9.17) is 9.72 Å². The Bertz CT molecular complexity index is 1220. The number of hydrogen-bond donors (Lipinski definition) is 1. The molecular weight excluding hydrogens is 456 g/mol. The van der Waals surface area contributed by atoms with Gasteiger partial charge in [0.1, 0.15) is 5.82 Å². The van der Waals surface area contributed by atoms with Crippen LogP contribution in [-0.4, -0.2) is 64.3 Å². The molecule has 2 aliphatic heterocycles. The van der Waals surface area contributed by atoms with Gasteiger partial charge < -0.3 is 14.6 Å². The van der Waals surface area contributed by atoms with Gasteiger partial charge in [-0.2, -0.15) is 0 Å². The van der Waals surface area contributed by atoms with Crippen molar-refractivity contribution in [2.24, 2.45) is 0 Å². The monoisotopic (exact) mass is 488 g/mol. The maximum absolute atomic E-state index is 13.9. The second-order valence-corrected chi connectivity index (χ2v) is 9.74. The van der Waals surface area contributed by atoms with E-state index < -0.39 is 5.41 Å². The average Bonchev–Trinajstić information content (AvgIpc) is 3.44. The molecule has 3 aromatic rings. The van der Waals surface area contributed by atoms with Gasteiger partial charge in [0.05, 0.1) is 22.5 Å². The van der Waals surface area contributed by atoms with Crippen LogP contribution in [0.2, 0.25) is 0 Å². The Kier molecular flexibility index (Phi) is 6.87. The maximum atomic E-state index is 13.9. The van der Waals surface area contributed by atoms with Crippen LogP contribution in [0.5, 0.6) is 0 Å². The summed E-state index contributed by atoms with van der Waals surface area (Å²) in [6.07, 6.45) is 3.22. The molecule has 2 saturated heterocycles. The van der Waals surface area contributed by atoms with Crippen molar-refractivity contribution in [3.8, 4) is 0 Å². The van der Waals surface area contributed by atoms with E-state index in [9.17, 15) is 14.4 Å². The van der Waals surface area contributed by atoms with E-state index in [2.05, 4.69) is 4.98 Å². The molecule has 3 amide bonds. The van der Waals surface area contributed by atoms with Crippen LogP contribution in [-0.2, 0) is 24.5 Å². The number of imide groups is 1. The first-order valence-corrected chi connectivity index (χ1v) is 12.7. The number of fused-ring (bicyclic) bond motifs is 1. The molecule has 188 valence electrons. The van der Waals surface area contributed by atoms with E-state index in [-0.39, 0.29) is 36.6 Å². The highest BCUT2D eigenvalue weighted by Gasteiger charge is 2.54. The molecule has 8 nitrogen and oxygen atoms in total. The Morgan fingerprint density at radius 1 is 1.11 bits per heavy atom. The third-order valence-corrected chi connectivity index (χ3v) is 7.46. The van der Waals surface area contributed by atoms with Crippen molar-refractivity contribution in [1.82, 2.24) is 19.8 Å². The zero-order valence-corrected chi connectivity index (χ0v) is 20.6. The van der Waals surface area contributed by atoms with Crippen molar-refractivity contribution in [2.75, 3.05) is 26.8 Å². The molecule has 0 saturated carbocycles. The van der Waals surface area contributed by atoms with Crippen molar-refractivity contribution in [3.05, 3.63) is 66.0 Å². The number of rotatable bonds is 8. The summed E-state index contributed by atoms with van der Waals surface area (Å²) in [5.74, 6) is 0.123. The molecule has 1 N–H and O–H groups in total. The number of imidazole rings is 1. The van der Waals surface area contributed by atoms with E-state index in [0.717, 1.165) is 36.1 Å². The number of aromatic amines is 1. The number of methoxy groups -OCH3 is 1. The molecule has 36 heavy (non-hydrogen) atoms. The minimum atomic E-state index is -1.20. The molecular formula is C28H32N4O4. The summed E-state index contributed by atoms with van der Waals surface area (Å²) in [6, 6.07) is 16.9. The Balaban J connectivity index is 1.45. The number of H-pyrrole nitrogens is 1. The SMILES string of the molecule is COCCCN1C(=O)CC(CC(=O)N2CCCCC2c2nc3ccccc3[nH]2)(c2ccccc2)C1=O. The number of ether oxygens (including phenoxy) is 1. The topological polar surface area (TPSA) is 95.6 Å². The Hall–Kier alpha value is -3.52. The molecule has 2 aromatic carbocycles. The van der Waals surface area contributed by atoms with Gasteiger partial charge >= 0.3 is 0 Å². The number of aromatic nitrogens is 2. The number of nitrogens with zero attached hydrogens (tertiary/aromatic N) is 3. The summed E-state index contributed by atoms with van der Waals surface area (Å²) < 4.78 is 5.11. The summed E-state index contributed by atoms with van der Waals surface area (Å²) >= 11 is 0. The molecule has 5 rings (SSSR count). The van der Waals surface area contributed by atoms with Gasteiger partial charge in [-0.1, -0.05) is 42.5 Å². The molecule has 8 heteroatoms. The lowest BCUT2D eigenvalue weighted by Crippen LogP contribution is -2.46. The van der Waals surface area contributed by atoms with Crippen LogP contribution in [0.3, 0.4) is 0 Å². The number of piperidine rings is 1. The molecule has 1 aromatic heterocycles. The summed E-state index contributed by atoms with van der Waals surface area (Å²) in [4.78, 5) is 52.1. The average molecular weight is 489 g/mol. The van der Waals surface area contributed by atoms with E-state index in [1.165, 1.54) is 4.90 Å². The molecule has 2 fully saturated rings. The van der Waals surface area contributed by atoms with Crippen LogP contribution in [0, 0.1) is 0 Å². The first-order valence-electron chi connectivity index (χ1n) is 12.7.